The summed E-state index contributed by atoms with van der Waals surface area (Å²) in [4.78, 5) is 21.0. The van der Waals surface area contributed by atoms with Crippen LogP contribution in [-0.4, -0.2) is 67.8 Å². The van der Waals surface area contributed by atoms with E-state index in [0.29, 0.717) is 29.3 Å². The number of hydrogen-bond donors (Lipinski definition) is 2. The van der Waals surface area contributed by atoms with Crippen LogP contribution in [0.2, 0.25) is 0 Å². The quantitative estimate of drug-likeness (QED) is 0.569. The van der Waals surface area contributed by atoms with Gasteiger partial charge in [-0.15, -0.1) is 0 Å². The minimum atomic E-state index is -0.593. The standard InChI is InChI=1S/C27H28FN5O2/c28-25-23(14-24(26(29)31-25)18-3-6-22-19(13-18)7-8-30-27(22)34)17-1-4-20(5-2-17)33-10-9-32-11-12-35-16-21(32)15-33/h1-6,13-14,21H,7-12,15-16H2,(H2,29,31)(H,30,34)/t21-/m0/s1. The molecule has 6 rings (SSSR count). The SMILES string of the molecule is Nc1nc(F)c(-c2ccc(N3CCN4CCOC[C@@H]4C3)cc2)cc1-c1ccc2c(c1)CCNC2=O. The molecular weight excluding hydrogens is 445 g/mol. The van der Waals surface area contributed by atoms with E-state index < -0.39 is 5.95 Å². The maximum Gasteiger partial charge on any atom is 0.251 e. The van der Waals surface area contributed by atoms with Crippen molar-refractivity contribution in [2.24, 2.45) is 0 Å². The first kappa shape index (κ1) is 22.0. The highest BCUT2D eigenvalue weighted by atomic mass is 19.1. The normalized spacial score (nSPS) is 20.2. The Morgan fingerprint density at radius 1 is 1.00 bits per heavy atom. The Bertz CT molecular complexity index is 1280. The number of nitrogens with one attached hydrogen (secondary N) is 1. The van der Waals surface area contributed by atoms with E-state index in [9.17, 15) is 9.18 Å². The molecule has 1 atom stereocenters. The van der Waals surface area contributed by atoms with Gasteiger partial charge in [0, 0.05) is 55.1 Å². The van der Waals surface area contributed by atoms with E-state index in [-0.39, 0.29) is 11.7 Å². The van der Waals surface area contributed by atoms with Crippen LogP contribution >= 0.6 is 0 Å². The van der Waals surface area contributed by atoms with Crippen molar-refractivity contribution < 1.29 is 13.9 Å². The minimum absolute atomic E-state index is 0.0683. The number of nitrogens with two attached hydrogens (primary N) is 1. The van der Waals surface area contributed by atoms with Crippen LogP contribution in [0.3, 0.4) is 0 Å². The zero-order valence-electron chi connectivity index (χ0n) is 19.5. The highest BCUT2D eigenvalue weighted by Gasteiger charge is 2.29. The summed E-state index contributed by atoms with van der Waals surface area (Å²) in [7, 11) is 0. The molecule has 3 aliphatic heterocycles. The molecule has 7 nitrogen and oxygen atoms in total. The van der Waals surface area contributed by atoms with Crippen molar-refractivity contribution in [2.45, 2.75) is 12.5 Å². The molecule has 180 valence electrons. The number of halogens is 1. The first-order chi connectivity index (χ1) is 17.1. The summed E-state index contributed by atoms with van der Waals surface area (Å²) in [5, 5.41) is 2.85. The van der Waals surface area contributed by atoms with E-state index in [1.54, 1.807) is 12.1 Å². The second-order valence-corrected chi connectivity index (χ2v) is 9.39. The van der Waals surface area contributed by atoms with Gasteiger partial charge in [-0.25, -0.2) is 4.98 Å². The average molecular weight is 474 g/mol. The first-order valence-corrected chi connectivity index (χ1v) is 12.1. The Balaban J connectivity index is 1.28. The number of morpholine rings is 1. The number of fused-ring (bicyclic) bond motifs is 2. The molecule has 0 radical (unpaired) electrons. The molecule has 3 N–H and O–H groups in total. The molecule has 0 bridgehead atoms. The lowest BCUT2D eigenvalue weighted by atomic mass is 9.94. The molecule has 0 unspecified atom stereocenters. The molecule has 8 heteroatoms. The number of amides is 1. The van der Waals surface area contributed by atoms with Crippen molar-refractivity contribution in [3.05, 3.63) is 65.6 Å². The molecule has 3 aromatic rings. The summed E-state index contributed by atoms with van der Waals surface area (Å²) in [6, 6.07) is 15.7. The number of pyridine rings is 1. The molecule has 2 fully saturated rings. The number of nitrogen functional groups attached to an aromatic ring is 1. The Labute approximate surface area is 203 Å². The predicted molar refractivity (Wildman–Crippen MR) is 134 cm³/mol. The van der Waals surface area contributed by atoms with Gasteiger partial charge in [-0.05, 0) is 47.4 Å². The smallest absolute Gasteiger partial charge is 0.251 e. The van der Waals surface area contributed by atoms with Gasteiger partial charge in [0.1, 0.15) is 5.82 Å². The van der Waals surface area contributed by atoms with E-state index in [4.69, 9.17) is 10.5 Å². The molecule has 4 heterocycles. The minimum Gasteiger partial charge on any atom is -0.383 e. The first-order valence-electron chi connectivity index (χ1n) is 12.1. The number of hydrogen-bond acceptors (Lipinski definition) is 6. The van der Waals surface area contributed by atoms with E-state index in [1.165, 1.54) is 0 Å². The zero-order chi connectivity index (χ0) is 23.9. The highest BCUT2D eigenvalue weighted by molar-refractivity contribution is 5.97. The van der Waals surface area contributed by atoms with Crippen LogP contribution in [-0.2, 0) is 11.2 Å². The monoisotopic (exact) mass is 473 g/mol. The van der Waals surface area contributed by atoms with E-state index >= 15 is 0 Å². The van der Waals surface area contributed by atoms with Gasteiger partial charge in [-0.1, -0.05) is 24.3 Å². The van der Waals surface area contributed by atoms with Crippen molar-refractivity contribution in [3.63, 3.8) is 0 Å². The van der Waals surface area contributed by atoms with Gasteiger partial charge < -0.3 is 20.7 Å². The maximum absolute atomic E-state index is 14.9. The van der Waals surface area contributed by atoms with Gasteiger partial charge in [0.05, 0.1) is 19.3 Å². The Hall–Kier alpha value is -3.49. The molecule has 0 spiro atoms. The molecule has 1 aromatic heterocycles. The number of nitrogens with zero attached hydrogens (tertiary/aromatic N) is 3. The van der Waals surface area contributed by atoms with Crippen molar-refractivity contribution in [1.29, 1.82) is 0 Å². The molecule has 2 saturated heterocycles. The van der Waals surface area contributed by atoms with Crippen LogP contribution in [0.4, 0.5) is 15.9 Å². The van der Waals surface area contributed by atoms with Gasteiger partial charge in [0.15, 0.2) is 0 Å². The molecule has 35 heavy (non-hydrogen) atoms. The van der Waals surface area contributed by atoms with E-state index in [2.05, 4.69) is 20.1 Å². The third kappa shape index (κ3) is 4.13. The molecular formula is C27H28FN5O2. The van der Waals surface area contributed by atoms with Gasteiger partial charge in [-0.2, -0.15) is 4.39 Å². The fraction of sp³-hybridized carbons (Fsp3) is 0.333. The van der Waals surface area contributed by atoms with Gasteiger partial charge in [0.25, 0.3) is 5.91 Å². The Morgan fingerprint density at radius 3 is 2.69 bits per heavy atom. The number of rotatable bonds is 3. The fourth-order valence-corrected chi connectivity index (χ4v) is 5.37. The third-order valence-electron chi connectivity index (χ3n) is 7.33. The molecule has 3 aliphatic rings. The lowest BCUT2D eigenvalue weighted by molar-refractivity contribution is -0.0116. The number of anilines is 2. The van der Waals surface area contributed by atoms with Crippen LogP contribution < -0.4 is 16.0 Å². The van der Waals surface area contributed by atoms with Crippen LogP contribution in [0, 0.1) is 5.95 Å². The highest BCUT2D eigenvalue weighted by Crippen LogP contribution is 2.34. The van der Waals surface area contributed by atoms with Crippen molar-refractivity contribution in [3.8, 4) is 22.3 Å². The summed E-state index contributed by atoms with van der Waals surface area (Å²) < 4.78 is 20.6. The van der Waals surface area contributed by atoms with Crippen molar-refractivity contribution in [1.82, 2.24) is 15.2 Å². The van der Waals surface area contributed by atoms with Crippen LogP contribution in [0.15, 0.2) is 48.5 Å². The third-order valence-corrected chi connectivity index (χ3v) is 7.33. The molecule has 0 aliphatic carbocycles. The molecule has 0 saturated carbocycles. The number of carbonyl (C=O) groups excluding carboxylic acids is 1. The second kappa shape index (κ2) is 8.94. The second-order valence-electron chi connectivity index (χ2n) is 9.39. The van der Waals surface area contributed by atoms with Crippen LogP contribution in [0.25, 0.3) is 22.3 Å². The summed E-state index contributed by atoms with van der Waals surface area (Å²) in [6.45, 7) is 6.11. The van der Waals surface area contributed by atoms with Crippen LogP contribution in [0.1, 0.15) is 15.9 Å². The van der Waals surface area contributed by atoms with Crippen LogP contribution in [0.5, 0.6) is 0 Å². The number of piperazine rings is 1. The summed E-state index contributed by atoms with van der Waals surface area (Å²) in [6.07, 6.45) is 0.749. The predicted octanol–water partition coefficient (Wildman–Crippen LogP) is 2.94. The molecule has 1 amide bonds. The van der Waals surface area contributed by atoms with Gasteiger partial charge in [-0.3, -0.25) is 9.69 Å². The van der Waals surface area contributed by atoms with Gasteiger partial charge in [0.2, 0.25) is 5.95 Å². The molecule has 2 aromatic carbocycles. The maximum atomic E-state index is 14.9. The number of carbonyl (C=O) groups is 1. The topological polar surface area (TPSA) is 83.7 Å². The van der Waals surface area contributed by atoms with E-state index in [1.807, 2.05) is 36.4 Å². The average Bonchev–Trinajstić information content (AvgIpc) is 2.89. The Morgan fingerprint density at radius 2 is 1.83 bits per heavy atom. The lowest BCUT2D eigenvalue weighted by Crippen LogP contribution is -2.58. The van der Waals surface area contributed by atoms with Crippen molar-refractivity contribution >= 4 is 17.4 Å². The number of aromatic nitrogens is 1. The number of ether oxygens (including phenoxy) is 1. The lowest BCUT2D eigenvalue weighted by Gasteiger charge is -2.44. The Kier molecular flexibility index (Phi) is 5.62. The largest absolute Gasteiger partial charge is 0.383 e. The van der Waals surface area contributed by atoms with Gasteiger partial charge >= 0.3 is 0 Å². The van der Waals surface area contributed by atoms with Crippen molar-refractivity contribution in [2.75, 3.05) is 56.6 Å². The number of benzene rings is 2. The summed E-state index contributed by atoms with van der Waals surface area (Å²) in [5.74, 6) is -0.527. The van der Waals surface area contributed by atoms with E-state index in [0.717, 1.165) is 68.2 Å². The summed E-state index contributed by atoms with van der Waals surface area (Å²) in [5.41, 5.74) is 11.5. The summed E-state index contributed by atoms with van der Waals surface area (Å²) >= 11 is 0. The fourth-order valence-electron chi connectivity index (χ4n) is 5.37. The zero-order valence-corrected chi connectivity index (χ0v) is 19.5.